The molecule has 0 aliphatic heterocycles. The summed E-state index contributed by atoms with van der Waals surface area (Å²) in [6, 6.07) is 0. The van der Waals surface area contributed by atoms with Gasteiger partial charge >= 0.3 is 21.1 Å². The van der Waals surface area contributed by atoms with Gasteiger partial charge in [-0.25, -0.2) is 0 Å². The summed E-state index contributed by atoms with van der Waals surface area (Å²) in [5.74, 6) is 2.09. The summed E-state index contributed by atoms with van der Waals surface area (Å²) in [6.07, 6.45) is 3.85. The summed E-state index contributed by atoms with van der Waals surface area (Å²) in [6.45, 7) is 15.4. The van der Waals surface area contributed by atoms with E-state index in [0.717, 1.165) is 5.92 Å². The molecular formula is C12H22W. The van der Waals surface area contributed by atoms with Crippen LogP contribution in [0.4, 0.5) is 0 Å². The third kappa shape index (κ3) is 3.74. The van der Waals surface area contributed by atoms with Crippen molar-refractivity contribution in [2.24, 2.45) is 23.2 Å². The first kappa shape index (κ1) is 13.7. The summed E-state index contributed by atoms with van der Waals surface area (Å²) in [7, 11) is 0. The first-order chi connectivity index (χ1) is 5.41. The third-order valence-corrected chi connectivity index (χ3v) is 3.20. The number of hydrogen-bond donors (Lipinski definition) is 0. The van der Waals surface area contributed by atoms with Gasteiger partial charge in [0.25, 0.3) is 0 Å². The van der Waals surface area contributed by atoms with Crippen LogP contribution >= 0.6 is 0 Å². The van der Waals surface area contributed by atoms with Crippen LogP contribution in [-0.2, 0) is 21.1 Å². The minimum absolute atomic E-state index is 0. The molecule has 1 aliphatic carbocycles. The average Bonchev–Trinajstić information content (AvgIpc) is 1.83. The molecule has 1 rings (SSSR count). The monoisotopic (exact) mass is 350 g/mol. The van der Waals surface area contributed by atoms with Crippen LogP contribution in [0.2, 0.25) is 0 Å². The predicted octanol–water partition coefficient (Wildman–Crippen LogP) is 3.73. The molecule has 0 amide bonds. The van der Waals surface area contributed by atoms with Crippen molar-refractivity contribution in [1.29, 1.82) is 0 Å². The van der Waals surface area contributed by atoms with E-state index >= 15 is 0 Å². The second-order valence-corrected chi connectivity index (χ2v) is 5.41. The van der Waals surface area contributed by atoms with E-state index in [1.54, 1.807) is 0 Å². The van der Waals surface area contributed by atoms with Gasteiger partial charge in [-0.1, -0.05) is 39.5 Å². The Morgan fingerprint density at radius 3 is 2.00 bits per heavy atom. The van der Waals surface area contributed by atoms with Gasteiger partial charge in [-0.05, 0) is 5.41 Å². The molecule has 0 aromatic heterocycles. The maximum Gasteiger partial charge on any atom is 2.00 e. The Balaban J connectivity index is 0.00000144. The van der Waals surface area contributed by atoms with E-state index in [9.17, 15) is 0 Å². The zero-order valence-corrected chi connectivity index (χ0v) is 12.1. The molecule has 3 unspecified atom stereocenters. The first-order valence-electron chi connectivity index (χ1n) is 5.07. The Morgan fingerprint density at radius 1 is 1.08 bits per heavy atom. The van der Waals surface area contributed by atoms with Crippen molar-refractivity contribution in [2.75, 3.05) is 0 Å². The van der Waals surface area contributed by atoms with Crippen molar-refractivity contribution in [1.82, 2.24) is 0 Å². The molecule has 0 aromatic rings. The van der Waals surface area contributed by atoms with E-state index in [1.807, 2.05) is 0 Å². The largest absolute Gasteiger partial charge is 2.00 e. The van der Waals surface area contributed by atoms with Crippen LogP contribution in [0.5, 0.6) is 0 Å². The molecule has 3 atom stereocenters. The molecule has 0 bridgehead atoms. The van der Waals surface area contributed by atoms with Crippen LogP contribution in [0.3, 0.4) is 0 Å². The van der Waals surface area contributed by atoms with Gasteiger partial charge in [0, 0.05) is 0 Å². The molecule has 0 spiro atoms. The van der Waals surface area contributed by atoms with E-state index in [4.69, 9.17) is 0 Å². The third-order valence-electron chi connectivity index (χ3n) is 3.20. The van der Waals surface area contributed by atoms with Crippen LogP contribution < -0.4 is 0 Å². The fourth-order valence-electron chi connectivity index (χ4n) is 2.50. The fraction of sp³-hybridized carbons (Fsp3) is 0.833. The molecule has 0 aromatic carbocycles. The van der Waals surface area contributed by atoms with E-state index in [-0.39, 0.29) is 21.1 Å². The topological polar surface area (TPSA) is 0 Å². The Morgan fingerprint density at radius 2 is 1.62 bits per heavy atom. The van der Waals surface area contributed by atoms with Crippen molar-refractivity contribution < 1.29 is 21.1 Å². The molecule has 1 saturated carbocycles. The Hall–Kier alpha value is 0.688. The molecule has 0 heterocycles. The molecule has 1 heteroatoms. The standard InChI is InChI=1S/C12H22.W/c1-9-6-7-11(10(2)8-9)12(3,4)5;/h9-11H,1-2,6-8H2,3-5H3;/q-2;+2. The minimum Gasteiger partial charge on any atom is -0.340 e. The van der Waals surface area contributed by atoms with E-state index in [0.29, 0.717) is 17.3 Å². The van der Waals surface area contributed by atoms with Gasteiger partial charge < -0.3 is 13.8 Å². The molecule has 0 radical (unpaired) electrons. The van der Waals surface area contributed by atoms with E-state index in [1.165, 1.54) is 19.3 Å². The molecule has 0 nitrogen and oxygen atoms in total. The van der Waals surface area contributed by atoms with Crippen molar-refractivity contribution in [3.05, 3.63) is 13.8 Å². The average molecular weight is 350 g/mol. The maximum atomic E-state index is 4.26. The smallest absolute Gasteiger partial charge is 0.340 e. The van der Waals surface area contributed by atoms with Gasteiger partial charge in [0.1, 0.15) is 0 Å². The van der Waals surface area contributed by atoms with Crippen molar-refractivity contribution in [2.45, 2.75) is 40.0 Å². The van der Waals surface area contributed by atoms with Gasteiger partial charge in [0.15, 0.2) is 0 Å². The summed E-state index contributed by atoms with van der Waals surface area (Å²) in [5, 5.41) is 0. The number of hydrogen-bond acceptors (Lipinski definition) is 0. The Bertz CT molecular complexity index is 146. The summed E-state index contributed by atoms with van der Waals surface area (Å²) in [4.78, 5) is 0. The first-order valence-corrected chi connectivity index (χ1v) is 5.07. The van der Waals surface area contributed by atoms with Crippen LogP contribution in [0.15, 0.2) is 0 Å². The molecule has 76 valence electrons. The molecule has 0 saturated heterocycles. The minimum atomic E-state index is 0. The van der Waals surface area contributed by atoms with Crippen LogP contribution in [0.1, 0.15) is 40.0 Å². The van der Waals surface area contributed by atoms with Crippen molar-refractivity contribution in [3.8, 4) is 0 Å². The zero-order valence-electron chi connectivity index (χ0n) is 9.18. The van der Waals surface area contributed by atoms with E-state index in [2.05, 4.69) is 34.6 Å². The Labute approximate surface area is 98.1 Å². The second-order valence-electron chi connectivity index (χ2n) is 5.41. The van der Waals surface area contributed by atoms with Gasteiger partial charge in [-0.15, -0.1) is 6.42 Å². The molecular weight excluding hydrogens is 328 g/mol. The number of rotatable bonds is 0. The molecule has 0 N–H and O–H groups in total. The molecule has 13 heavy (non-hydrogen) atoms. The van der Waals surface area contributed by atoms with Gasteiger partial charge in [0.05, 0.1) is 0 Å². The normalized spacial score (nSPS) is 35.3. The predicted molar refractivity (Wildman–Crippen MR) is 54.5 cm³/mol. The summed E-state index contributed by atoms with van der Waals surface area (Å²) >= 11 is 0. The summed E-state index contributed by atoms with van der Waals surface area (Å²) in [5.41, 5.74) is 0.437. The van der Waals surface area contributed by atoms with Crippen LogP contribution in [0, 0.1) is 37.0 Å². The van der Waals surface area contributed by atoms with Gasteiger partial charge in [-0.3, -0.25) is 0 Å². The van der Waals surface area contributed by atoms with E-state index < -0.39 is 0 Å². The fourth-order valence-corrected chi connectivity index (χ4v) is 2.50. The van der Waals surface area contributed by atoms with Gasteiger partial charge in [-0.2, -0.15) is 11.8 Å². The van der Waals surface area contributed by atoms with Crippen molar-refractivity contribution in [3.63, 3.8) is 0 Å². The molecule has 1 fully saturated rings. The maximum absolute atomic E-state index is 4.26. The second kappa shape index (κ2) is 4.96. The summed E-state index contributed by atoms with van der Waals surface area (Å²) < 4.78 is 0. The zero-order chi connectivity index (χ0) is 9.35. The Kier molecular flexibility index (Phi) is 5.23. The quantitative estimate of drug-likeness (QED) is 0.584. The van der Waals surface area contributed by atoms with Crippen LogP contribution in [0.25, 0.3) is 0 Å². The van der Waals surface area contributed by atoms with Gasteiger partial charge in [0.2, 0.25) is 0 Å². The molecule has 1 aliphatic rings. The van der Waals surface area contributed by atoms with Crippen LogP contribution in [-0.4, -0.2) is 0 Å². The SMILES string of the molecule is [CH2-]C1CCC(C(C)(C)C)C([CH2-])C1.[W+2]. The van der Waals surface area contributed by atoms with Crippen molar-refractivity contribution >= 4 is 0 Å².